The summed E-state index contributed by atoms with van der Waals surface area (Å²) in [7, 11) is -1.65. The van der Waals surface area contributed by atoms with Gasteiger partial charge in [-0.15, -0.1) is 0 Å². The lowest BCUT2D eigenvalue weighted by Crippen LogP contribution is -2.41. The Labute approximate surface area is 134 Å². The highest BCUT2D eigenvalue weighted by Gasteiger charge is 2.27. The van der Waals surface area contributed by atoms with Crippen molar-refractivity contribution < 1.29 is 17.9 Å². The van der Waals surface area contributed by atoms with Crippen LogP contribution >= 0.6 is 0 Å². The number of nitrogens with one attached hydrogen (secondary N) is 1. The predicted molar refractivity (Wildman–Crippen MR) is 87.2 cm³/mol. The number of amides is 1. The van der Waals surface area contributed by atoms with Crippen molar-refractivity contribution in [3.63, 3.8) is 0 Å². The molecule has 7 heteroatoms. The van der Waals surface area contributed by atoms with Crippen LogP contribution in [0, 0.1) is 0 Å². The predicted octanol–water partition coefficient (Wildman–Crippen LogP) is 1.51. The molecule has 1 fully saturated rings. The second-order valence-corrected chi connectivity index (χ2v) is 7.90. The second kappa shape index (κ2) is 10.2. The molecule has 0 saturated heterocycles. The van der Waals surface area contributed by atoms with Crippen LogP contribution in [-0.4, -0.2) is 57.7 Å². The summed E-state index contributed by atoms with van der Waals surface area (Å²) in [6.45, 7) is 1.45. The summed E-state index contributed by atoms with van der Waals surface area (Å²) < 4.78 is 30.5. The van der Waals surface area contributed by atoms with Crippen molar-refractivity contribution in [1.82, 2.24) is 9.62 Å². The molecule has 0 atom stereocenters. The van der Waals surface area contributed by atoms with Gasteiger partial charge in [-0.2, -0.15) is 4.31 Å². The van der Waals surface area contributed by atoms with Crippen LogP contribution in [0.4, 0.5) is 0 Å². The summed E-state index contributed by atoms with van der Waals surface area (Å²) in [6.07, 6.45) is 8.53. The van der Waals surface area contributed by atoms with Gasteiger partial charge in [0.25, 0.3) is 0 Å². The zero-order valence-electron chi connectivity index (χ0n) is 13.8. The molecule has 130 valence electrons. The molecule has 0 bridgehead atoms. The van der Waals surface area contributed by atoms with E-state index < -0.39 is 10.0 Å². The van der Waals surface area contributed by atoms with Gasteiger partial charge in [-0.05, 0) is 19.3 Å². The Morgan fingerprint density at radius 2 is 1.86 bits per heavy atom. The van der Waals surface area contributed by atoms with Gasteiger partial charge in [0.05, 0.1) is 6.26 Å². The molecule has 0 unspecified atom stereocenters. The minimum atomic E-state index is -3.27. The fourth-order valence-electron chi connectivity index (χ4n) is 2.91. The van der Waals surface area contributed by atoms with Gasteiger partial charge in [0.15, 0.2) is 0 Å². The number of carbonyl (C=O) groups is 1. The fourth-order valence-corrected chi connectivity index (χ4v) is 4.08. The second-order valence-electron chi connectivity index (χ2n) is 5.97. The van der Waals surface area contributed by atoms with Crippen molar-refractivity contribution in [1.29, 1.82) is 0 Å². The fraction of sp³-hybridized carbons (Fsp3) is 0.933. The van der Waals surface area contributed by atoms with Crippen LogP contribution in [0.5, 0.6) is 0 Å². The van der Waals surface area contributed by atoms with Crippen LogP contribution in [0.1, 0.15) is 51.4 Å². The van der Waals surface area contributed by atoms with E-state index in [0.29, 0.717) is 13.2 Å². The van der Waals surface area contributed by atoms with Crippen LogP contribution < -0.4 is 5.32 Å². The van der Waals surface area contributed by atoms with E-state index in [1.165, 1.54) is 23.4 Å². The van der Waals surface area contributed by atoms with Crippen molar-refractivity contribution in [3.8, 4) is 0 Å². The Morgan fingerprint density at radius 1 is 1.23 bits per heavy atom. The van der Waals surface area contributed by atoms with E-state index >= 15 is 0 Å². The normalized spacial score (nSPS) is 17.4. The lowest BCUT2D eigenvalue weighted by molar-refractivity contribution is -0.121. The number of carbonyl (C=O) groups excluding carboxylic acids is 1. The smallest absolute Gasteiger partial charge is 0.221 e. The molecule has 0 aromatic rings. The van der Waals surface area contributed by atoms with Gasteiger partial charge in [0.2, 0.25) is 15.9 Å². The van der Waals surface area contributed by atoms with Gasteiger partial charge in [-0.1, -0.05) is 25.7 Å². The van der Waals surface area contributed by atoms with Crippen molar-refractivity contribution in [2.45, 2.75) is 57.4 Å². The van der Waals surface area contributed by atoms with Gasteiger partial charge in [-0.3, -0.25) is 4.79 Å². The third-order valence-electron chi connectivity index (χ3n) is 4.06. The van der Waals surface area contributed by atoms with E-state index in [9.17, 15) is 13.2 Å². The van der Waals surface area contributed by atoms with Gasteiger partial charge in [0.1, 0.15) is 0 Å². The molecule has 1 aliphatic carbocycles. The maximum absolute atomic E-state index is 12.0. The zero-order valence-corrected chi connectivity index (χ0v) is 14.7. The SMILES string of the molecule is COCCCNC(=O)CCN(C1CCCCCC1)S(C)(=O)=O. The van der Waals surface area contributed by atoms with E-state index in [0.717, 1.165) is 32.1 Å². The summed E-state index contributed by atoms with van der Waals surface area (Å²) in [4.78, 5) is 11.8. The highest BCUT2D eigenvalue weighted by Crippen LogP contribution is 2.23. The summed E-state index contributed by atoms with van der Waals surface area (Å²) in [5.74, 6) is -0.0987. The molecule has 0 aromatic carbocycles. The molecule has 0 heterocycles. The summed E-state index contributed by atoms with van der Waals surface area (Å²) in [5.41, 5.74) is 0. The van der Waals surface area contributed by atoms with Crippen LogP contribution in [0.3, 0.4) is 0 Å². The number of ether oxygens (including phenoxy) is 1. The van der Waals surface area contributed by atoms with E-state index in [-0.39, 0.29) is 24.9 Å². The average molecular weight is 334 g/mol. The Bertz CT molecular complexity index is 417. The van der Waals surface area contributed by atoms with Gasteiger partial charge < -0.3 is 10.1 Å². The van der Waals surface area contributed by atoms with E-state index in [2.05, 4.69) is 5.32 Å². The quantitative estimate of drug-likeness (QED) is 0.512. The standard InChI is InChI=1S/C15H30N2O4S/c1-21-13-7-11-16-15(18)10-12-17(22(2,19)20)14-8-5-3-4-6-9-14/h14H,3-13H2,1-2H3,(H,16,18). The highest BCUT2D eigenvalue weighted by atomic mass is 32.2. The molecule has 1 N–H and O–H groups in total. The highest BCUT2D eigenvalue weighted by molar-refractivity contribution is 7.88. The van der Waals surface area contributed by atoms with Crippen LogP contribution in [0.2, 0.25) is 0 Å². The molecular weight excluding hydrogens is 304 g/mol. The Balaban J connectivity index is 2.46. The van der Waals surface area contributed by atoms with E-state index in [1.54, 1.807) is 7.11 Å². The third kappa shape index (κ3) is 7.56. The molecule has 0 spiro atoms. The first-order valence-electron chi connectivity index (χ1n) is 8.17. The largest absolute Gasteiger partial charge is 0.385 e. The Morgan fingerprint density at radius 3 is 2.41 bits per heavy atom. The number of hydrogen-bond acceptors (Lipinski definition) is 4. The molecule has 1 rings (SSSR count). The zero-order chi connectivity index (χ0) is 16.4. The van der Waals surface area contributed by atoms with Crippen molar-refractivity contribution in [3.05, 3.63) is 0 Å². The summed E-state index contributed by atoms with van der Waals surface area (Å²) in [6, 6.07) is 0.0544. The van der Waals surface area contributed by atoms with Crippen molar-refractivity contribution in [2.75, 3.05) is 33.1 Å². The number of methoxy groups -OCH3 is 1. The summed E-state index contributed by atoms with van der Waals surface area (Å²) in [5, 5.41) is 2.80. The molecule has 1 amide bonds. The lowest BCUT2D eigenvalue weighted by Gasteiger charge is -2.28. The Kier molecular flexibility index (Phi) is 8.97. The van der Waals surface area contributed by atoms with Gasteiger partial charge >= 0.3 is 0 Å². The first-order chi connectivity index (χ1) is 10.4. The molecule has 0 aliphatic heterocycles. The number of hydrogen-bond donors (Lipinski definition) is 1. The van der Waals surface area contributed by atoms with Crippen LogP contribution in [0.15, 0.2) is 0 Å². The molecular formula is C15H30N2O4S. The summed E-state index contributed by atoms with van der Waals surface area (Å²) >= 11 is 0. The first kappa shape index (κ1) is 19.4. The van der Waals surface area contributed by atoms with Gasteiger partial charge in [0, 0.05) is 39.3 Å². The number of rotatable bonds is 9. The molecule has 0 radical (unpaired) electrons. The number of nitrogens with zero attached hydrogens (tertiary/aromatic N) is 1. The van der Waals surface area contributed by atoms with E-state index in [1.807, 2.05) is 0 Å². The van der Waals surface area contributed by atoms with Crippen molar-refractivity contribution in [2.24, 2.45) is 0 Å². The Hall–Kier alpha value is -0.660. The van der Waals surface area contributed by atoms with Crippen molar-refractivity contribution >= 4 is 15.9 Å². The monoisotopic (exact) mass is 334 g/mol. The molecule has 1 aliphatic rings. The molecule has 1 saturated carbocycles. The first-order valence-corrected chi connectivity index (χ1v) is 10.0. The number of sulfonamides is 1. The minimum Gasteiger partial charge on any atom is -0.385 e. The lowest BCUT2D eigenvalue weighted by atomic mass is 10.1. The van der Waals surface area contributed by atoms with Crippen LogP contribution in [-0.2, 0) is 19.6 Å². The third-order valence-corrected chi connectivity index (χ3v) is 5.40. The average Bonchev–Trinajstić information content (AvgIpc) is 2.71. The van der Waals surface area contributed by atoms with E-state index in [4.69, 9.17) is 4.74 Å². The maximum atomic E-state index is 12.0. The van der Waals surface area contributed by atoms with Gasteiger partial charge in [-0.25, -0.2) is 8.42 Å². The maximum Gasteiger partial charge on any atom is 0.221 e. The molecule has 6 nitrogen and oxygen atoms in total. The molecule has 0 aromatic heterocycles. The van der Waals surface area contributed by atoms with Crippen LogP contribution in [0.25, 0.3) is 0 Å². The molecule has 22 heavy (non-hydrogen) atoms. The topological polar surface area (TPSA) is 75.7 Å². The minimum absolute atomic E-state index is 0.0544.